The first kappa shape index (κ1) is 20.6. The summed E-state index contributed by atoms with van der Waals surface area (Å²) in [6.45, 7) is 3.39. The number of halogens is 4. The topological polar surface area (TPSA) is 65.5 Å². The zero-order valence-corrected chi connectivity index (χ0v) is 16.8. The van der Waals surface area contributed by atoms with Crippen LogP contribution >= 0.6 is 11.6 Å². The lowest BCUT2D eigenvalue weighted by Crippen LogP contribution is -2.49. The van der Waals surface area contributed by atoms with Gasteiger partial charge in [0.1, 0.15) is 5.82 Å². The number of carbonyl (C=O) groups excluding carboxylic acids is 1. The summed E-state index contributed by atoms with van der Waals surface area (Å²) in [4.78, 5) is 31.0. The van der Waals surface area contributed by atoms with E-state index in [9.17, 15) is 18.0 Å². The number of pyridine rings is 1. The maximum Gasteiger partial charge on any atom is 0.417 e. The van der Waals surface area contributed by atoms with Gasteiger partial charge in [-0.25, -0.2) is 15.0 Å². The highest BCUT2D eigenvalue weighted by Gasteiger charge is 2.31. The standard InChI is InChI=1S/C19H20ClF3N6O/c20-14-12-25-18(29-5-1-2-6-29)26-16(14)17(30)28-9-7-27(8-10-28)15-4-3-13(11-24-15)19(21,22)23/h3-4,11-12H,1-2,5-10H2. The normalized spacial score (nSPS) is 17.5. The molecular weight excluding hydrogens is 421 g/mol. The van der Waals surface area contributed by atoms with Gasteiger partial charge in [0.2, 0.25) is 5.95 Å². The van der Waals surface area contributed by atoms with Crippen LogP contribution in [0, 0.1) is 0 Å². The Morgan fingerprint density at radius 2 is 1.63 bits per heavy atom. The fraction of sp³-hybridized carbons (Fsp3) is 0.474. The molecule has 0 aromatic carbocycles. The third-order valence-electron chi connectivity index (χ3n) is 5.29. The van der Waals surface area contributed by atoms with E-state index in [-0.39, 0.29) is 16.6 Å². The molecule has 11 heteroatoms. The van der Waals surface area contributed by atoms with Crippen molar-refractivity contribution in [1.29, 1.82) is 0 Å². The first-order chi connectivity index (χ1) is 14.3. The van der Waals surface area contributed by atoms with Crippen LogP contribution in [-0.2, 0) is 6.18 Å². The Labute approximate surface area is 176 Å². The van der Waals surface area contributed by atoms with Gasteiger partial charge in [0.25, 0.3) is 5.91 Å². The second-order valence-electron chi connectivity index (χ2n) is 7.24. The number of alkyl halides is 3. The molecule has 1 amide bonds. The van der Waals surface area contributed by atoms with Crippen molar-refractivity contribution >= 4 is 29.3 Å². The Balaban J connectivity index is 1.41. The van der Waals surface area contributed by atoms with Gasteiger partial charge in [-0.2, -0.15) is 13.2 Å². The number of piperazine rings is 1. The number of nitrogens with zero attached hydrogens (tertiary/aromatic N) is 6. The summed E-state index contributed by atoms with van der Waals surface area (Å²) in [5.74, 6) is 0.683. The van der Waals surface area contributed by atoms with Gasteiger partial charge in [0.15, 0.2) is 5.69 Å². The van der Waals surface area contributed by atoms with Crippen LogP contribution in [0.15, 0.2) is 24.5 Å². The van der Waals surface area contributed by atoms with Crippen LogP contribution in [0.4, 0.5) is 24.9 Å². The van der Waals surface area contributed by atoms with Crippen LogP contribution in [0.5, 0.6) is 0 Å². The smallest absolute Gasteiger partial charge is 0.353 e. The minimum atomic E-state index is -4.42. The van der Waals surface area contributed by atoms with Crippen LogP contribution in [-0.4, -0.2) is 65.0 Å². The molecule has 30 heavy (non-hydrogen) atoms. The van der Waals surface area contributed by atoms with Gasteiger partial charge in [0.05, 0.1) is 16.8 Å². The number of hydrogen-bond acceptors (Lipinski definition) is 6. The fourth-order valence-corrected chi connectivity index (χ4v) is 3.78. The molecule has 2 saturated heterocycles. The zero-order chi connectivity index (χ0) is 21.3. The minimum absolute atomic E-state index is 0.176. The molecule has 0 radical (unpaired) electrons. The van der Waals surface area contributed by atoms with Gasteiger partial charge < -0.3 is 14.7 Å². The summed E-state index contributed by atoms with van der Waals surface area (Å²) >= 11 is 6.19. The molecule has 2 fully saturated rings. The highest BCUT2D eigenvalue weighted by atomic mass is 35.5. The molecule has 4 rings (SSSR count). The molecule has 4 heterocycles. The van der Waals surface area contributed by atoms with Crippen molar-refractivity contribution in [2.45, 2.75) is 19.0 Å². The molecule has 160 valence electrons. The van der Waals surface area contributed by atoms with Crippen molar-refractivity contribution in [2.75, 3.05) is 49.1 Å². The molecule has 0 unspecified atom stereocenters. The number of anilines is 2. The van der Waals surface area contributed by atoms with E-state index in [0.717, 1.165) is 38.2 Å². The fourth-order valence-electron chi connectivity index (χ4n) is 3.61. The second-order valence-corrected chi connectivity index (χ2v) is 7.65. The van der Waals surface area contributed by atoms with Gasteiger partial charge in [-0.05, 0) is 25.0 Å². The molecule has 0 N–H and O–H groups in total. The van der Waals surface area contributed by atoms with Crippen molar-refractivity contribution in [2.24, 2.45) is 0 Å². The number of aromatic nitrogens is 3. The van der Waals surface area contributed by atoms with Crippen LogP contribution in [0.3, 0.4) is 0 Å². The molecule has 0 saturated carbocycles. The van der Waals surface area contributed by atoms with E-state index < -0.39 is 11.7 Å². The molecule has 2 aromatic rings. The van der Waals surface area contributed by atoms with Crippen LogP contribution in [0.1, 0.15) is 28.9 Å². The van der Waals surface area contributed by atoms with Gasteiger partial charge >= 0.3 is 6.18 Å². The second kappa shape index (κ2) is 8.25. The monoisotopic (exact) mass is 440 g/mol. The van der Waals surface area contributed by atoms with Crippen molar-refractivity contribution in [3.63, 3.8) is 0 Å². The van der Waals surface area contributed by atoms with Gasteiger partial charge in [-0.15, -0.1) is 0 Å². The minimum Gasteiger partial charge on any atom is -0.353 e. The van der Waals surface area contributed by atoms with Crippen LogP contribution in [0.25, 0.3) is 0 Å². The van der Waals surface area contributed by atoms with E-state index in [0.29, 0.717) is 37.9 Å². The Morgan fingerprint density at radius 1 is 0.933 bits per heavy atom. The molecule has 2 aliphatic rings. The molecule has 0 atom stereocenters. The molecular formula is C19H20ClF3N6O. The lowest BCUT2D eigenvalue weighted by Gasteiger charge is -2.35. The Bertz CT molecular complexity index is 909. The third-order valence-corrected chi connectivity index (χ3v) is 5.57. The summed E-state index contributed by atoms with van der Waals surface area (Å²) in [6, 6.07) is 2.37. The van der Waals surface area contributed by atoms with E-state index in [2.05, 4.69) is 15.0 Å². The number of carbonyl (C=O) groups is 1. The van der Waals surface area contributed by atoms with E-state index in [1.54, 1.807) is 4.90 Å². The van der Waals surface area contributed by atoms with Crippen molar-refractivity contribution in [3.8, 4) is 0 Å². The van der Waals surface area contributed by atoms with Crippen molar-refractivity contribution in [3.05, 3.63) is 40.8 Å². The lowest BCUT2D eigenvalue weighted by atomic mass is 10.2. The van der Waals surface area contributed by atoms with E-state index in [1.807, 2.05) is 9.80 Å². The molecule has 7 nitrogen and oxygen atoms in total. The van der Waals surface area contributed by atoms with Crippen molar-refractivity contribution < 1.29 is 18.0 Å². The SMILES string of the molecule is O=C(c1nc(N2CCCC2)ncc1Cl)N1CCN(c2ccc(C(F)(F)F)cn2)CC1. The summed E-state index contributed by atoms with van der Waals surface area (Å²) in [5, 5.41) is 0.204. The Kier molecular flexibility index (Phi) is 5.68. The van der Waals surface area contributed by atoms with E-state index >= 15 is 0 Å². The summed E-state index contributed by atoms with van der Waals surface area (Å²) in [5.41, 5.74) is -0.609. The Morgan fingerprint density at radius 3 is 2.23 bits per heavy atom. The first-order valence-electron chi connectivity index (χ1n) is 9.68. The first-order valence-corrected chi connectivity index (χ1v) is 10.1. The molecule has 2 aromatic heterocycles. The van der Waals surface area contributed by atoms with E-state index in [4.69, 9.17) is 11.6 Å². The van der Waals surface area contributed by atoms with Crippen molar-refractivity contribution in [1.82, 2.24) is 19.9 Å². The Hall–Kier alpha value is -2.62. The lowest BCUT2D eigenvalue weighted by molar-refractivity contribution is -0.137. The highest BCUT2D eigenvalue weighted by molar-refractivity contribution is 6.33. The maximum atomic E-state index is 13.0. The molecule has 0 spiro atoms. The van der Waals surface area contributed by atoms with Crippen LogP contribution in [0.2, 0.25) is 5.02 Å². The quantitative estimate of drug-likeness (QED) is 0.730. The van der Waals surface area contributed by atoms with E-state index in [1.165, 1.54) is 12.3 Å². The average molecular weight is 441 g/mol. The molecule has 0 bridgehead atoms. The molecule has 0 aliphatic carbocycles. The summed E-state index contributed by atoms with van der Waals surface area (Å²) in [7, 11) is 0. The predicted octanol–water partition coefficient (Wildman–Crippen LogP) is 3.11. The number of rotatable bonds is 3. The highest BCUT2D eigenvalue weighted by Crippen LogP contribution is 2.29. The predicted molar refractivity (Wildman–Crippen MR) is 106 cm³/mol. The van der Waals surface area contributed by atoms with Gasteiger partial charge in [-0.1, -0.05) is 11.6 Å². The number of amides is 1. The van der Waals surface area contributed by atoms with Gasteiger partial charge in [0, 0.05) is 45.5 Å². The average Bonchev–Trinajstić information content (AvgIpc) is 3.28. The summed E-state index contributed by atoms with van der Waals surface area (Å²) < 4.78 is 38.1. The summed E-state index contributed by atoms with van der Waals surface area (Å²) in [6.07, 6.45) is -0.00295. The third kappa shape index (κ3) is 4.28. The zero-order valence-electron chi connectivity index (χ0n) is 16.1. The van der Waals surface area contributed by atoms with Crippen LogP contribution < -0.4 is 9.80 Å². The largest absolute Gasteiger partial charge is 0.417 e. The molecule has 2 aliphatic heterocycles. The van der Waals surface area contributed by atoms with Gasteiger partial charge in [-0.3, -0.25) is 4.79 Å². The number of hydrogen-bond donors (Lipinski definition) is 0. The maximum absolute atomic E-state index is 13.0.